The lowest BCUT2D eigenvalue weighted by molar-refractivity contribution is -0.145. The van der Waals surface area contributed by atoms with Gasteiger partial charge in [-0.2, -0.15) is 0 Å². The molecular weight excluding hydrogens is 489 g/mol. The van der Waals surface area contributed by atoms with Crippen LogP contribution in [0.3, 0.4) is 0 Å². The van der Waals surface area contributed by atoms with Crippen molar-refractivity contribution in [2.24, 2.45) is 0 Å². The van der Waals surface area contributed by atoms with Crippen molar-refractivity contribution in [1.82, 2.24) is 15.4 Å². The number of fused-ring (bicyclic) bond motifs is 3. The van der Waals surface area contributed by atoms with E-state index in [1.54, 1.807) is 6.07 Å². The maximum absolute atomic E-state index is 14.6. The van der Waals surface area contributed by atoms with Crippen molar-refractivity contribution in [2.45, 2.75) is 50.5 Å². The predicted molar refractivity (Wildman–Crippen MR) is 136 cm³/mol. The van der Waals surface area contributed by atoms with Crippen LogP contribution in [0.5, 0.6) is 0 Å². The third-order valence-electron chi connectivity index (χ3n) is 6.97. The highest BCUT2D eigenvalue weighted by Crippen LogP contribution is 2.44. The van der Waals surface area contributed by atoms with E-state index in [-0.39, 0.29) is 34.6 Å². The van der Waals surface area contributed by atoms with Gasteiger partial charge in [0, 0.05) is 21.5 Å². The Morgan fingerprint density at radius 3 is 2.86 bits per heavy atom. The number of ether oxygens (including phenoxy) is 1. The molecule has 3 aromatic rings. The maximum atomic E-state index is 14.6. The minimum atomic E-state index is -0.844. The first kappa shape index (κ1) is 24.2. The lowest BCUT2D eigenvalue weighted by atomic mass is 9.86. The number of H-pyrrole nitrogens is 1. The normalized spacial score (nSPS) is 22.0. The molecule has 2 aliphatic rings. The van der Waals surface area contributed by atoms with Crippen molar-refractivity contribution in [3.05, 3.63) is 69.6 Å². The Balaban J connectivity index is 1.44. The van der Waals surface area contributed by atoms with Crippen molar-refractivity contribution >= 4 is 46.1 Å². The Bertz CT molecular complexity index is 1290. The van der Waals surface area contributed by atoms with Crippen LogP contribution in [-0.4, -0.2) is 34.2 Å². The molecule has 1 saturated heterocycles. The smallest absolute Gasteiger partial charge is 0.252 e. The zero-order valence-electron chi connectivity index (χ0n) is 19.6. The molecule has 35 heavy (non-hydrogen) atoms. The molecule has 184 valence electrons. The van der Waals surface area contributed by atoms with Crippen LogP contribution in [0.4, 0.5) is 4.39 Å². The highest BCUT2D eigenvalue weighted by Gasteiger charge is 2.43. The standard InChI is InChI=1S/C26H27ClFN3O3S/c1-3-15-7-5-8-16-17-11-12-34-26(4-2,24(17)29-23(15)16)13-20(32)30-31-21(33)14-35-25(31)22-18(27)9-6-10-19(22)28/h5-10,25,29H,3-4,11-14H2,1-2H3,(H,30,32). The summed E-state index contributed by atoms with van der Waals surface area (Å²) in [5.41, 5.74) is 6.48. The number of aromatic nitrogens is 1. The van der Waals surface area contributed by atoms with Crippen LogP contribution in [-0.2, 0) is 32.8 Å². The number of halogens is 2. The highest BCUT2D eigenvalue weighted by atomic mass is 35.5. The van der Waals surface area contributed by atoms with Gasteiger partial charge in [-0.3, -0.25) is 15.0 Å². The average molecular weight is 516 g/mol. The number of carbonyl (C=O) groups is 2. The first-order valence-electron chi connectivity index (χ1n) is 11.8. The van der Waals surface area contributed by atoms with Crippen molar-refractivity contribution < 1.29 is 18.7 Å². The molecule has 2 aromatic carbocycles. The van der Waals surface area contributed by atoms with E-state index >= 15 is 0 Å². The van der Waals surface area contributed by atoms with E-state index in [0.717, 1.165) is 24.1 Å². The zero-order chi connectivity index (χ0) is 24.7. The van der Waals surface area contributed by atoms with Crippen LogP contribution in [0.2, 0.25) is 5.02 Å². The summed E-state index contributed by atoms with van der Waals surface area (Å²) in [6, 6.07) is 10.7. The van der Waals surface area contributed by atoms with E-state index in [1.165, 1.54) is 45.4 Å². The molecule has 1 fully saturated rings. The van der Waals surface area contributed by atoms with Crippen LogP contribution in [0.1, 0.15) is 54.4 Å². The Morgan fingerprint density at radius 1 is 1.31 bits per heavy atom. The second-order valence-corrected chi connectivity index (χ2v) is 10.4. The average Bonchev–Trinajstić information content (AvgIpc) is 3.40. The summed E-state index contributed by atoms with van der Waals surface area (Å²) >= 11 is 7.48. The number of benzene rings is 2. The van der Waals surface area contributed by atoms with Crippen molar-refractivity contribution in [1.29, 1.82) is 0 Å². The number of hydrogen-bond acceptors (Lipinski definition) is 4. The van der Waals surface area contributed by atoms with Crippen LogP contribution in [0.15, 0.2) is 36.4 Å². The molecule has 0 bridgehead atoms. The summed E-state index contributed by atoms with van der Waals surface area (Å²) in [5.74, 6) is -1.07. The molecule has 2 unspecified atom stereocenters. The third-order valence-corrected chi connectivity index (χ3v) is 8.48. The fraction of sp³-hybridized carbons (Fsp3) is 0.385. The monoisotopic (exact) mass is 515 g/mol. The van der Waals surface area contributed by atoms with Crippen molar-refractivity contribution in [3.8, 4) is 0 Å². The second kappa shape index (κ2) is 9.48. The molecule has 2 amide bonds. The van der Waals surface area contributed by atoms with Gasteiger partial charge in [-0.25, -0.2) is 9.40 Å². The van der Waals surface area contributed by atoms with Gasteiger partial charge in [-0.15, -0.1) is 11.8 Å². The lowest BCUT2D eigenvalue weighted by Gasteiger charge is -2.37. The summed E-state index contributed by atoms with van der Waals surface area (Å²) in [5, 5.41) is 1.85. The van der Waals surface area contributed by atoms with Crippen molar-refractivity contribution in [3.63, 3.8) is 0 Å². The lowest BCUT2D eigenvalue weighted by Crippen LogP contribution is -2.48. The van der Waals surface area contributed by atoms with Crippen LogP contribution in [0.25, 0.3) is 10.9 Å². The topological polar surface area (TPSA) is 74.4 Å². The third kappa shape index (κ3) is 4.11. The Hall–Kier alpha value is -2.55. The van der Waals surface area contributed by atoms with E-state index in [9.17, 15) is 14.0 Å². The molecule has 3 heterocycles. The SMILES string of the molecule is CCc1cccc2c3c([nH]c12)C(CC)(CC(=O)NN1C(=O)CSC1c1c(F)cccc1Cl)OCC3. The summed E-state index contributed by atoms with van der Waals surface area (Å²) in [6.45, 7) is 4.62. The van der Waals surface area contributed by atoms with Gasteiger partial charge in [-0.05, 0) is 42.5 Å². The Kier molecular flexibility index (Phi) is 6.55. The summed E-state index contributed by atoms with van der Waals surface area (Å²) < 4.78 is 20.9. The van der Waals surface area contributed by atoms with Gasteiger partial charge in [0.15, 0.2) is 0 Å². The largest absolute Gasteiger partial charge is 0.368 e. The molecule has 0 saturated carbocycles. The molecule has 2 aliphatic heterocycles. The molecule has 1 aromatic heterocycles. The predicted octanol–water partition coefficient (Wildman–Crippen LogP) is 5.40. The molecule has 5 rings (SSSR count). The van der Waals surface area contributed by atoms with Gasteiger partial charge in [-0.1, -0.05) is 49.7 Å². The molecule has 6 nitrogen and oxygen atoms in total. The van der Waals surface area contributed by atoms with Gasteiger partial charge in [0.05, 0.1) is 24.5 Å². The first-order valence-corrected chi connectivity index (χ1v) is 13.2. The quantitative estimate of drug-likeness (QED) is 0.461. The fourth-order valence-electron chi connectivity index (χ4n) is 5.18. The van der Waals surface area contributed by atoms with Crippen LogP contribution >= 0.6 is 23.4 Å². The number of aryl methyl sites for hydroxylation is 1. The number of hydrazine groups is 1. The fourth-order valence-corrected chi connectivity index (χ4v) is 6.68. The Labute approximate surface area is 212 Å². The number of rotatable bonds is 6. The molecule has 0 radical (unpaired) electrons. The van der Waals surface area contributed by atoms with E-state index in [2.05, 4.69) is 35.5 Å². The summed E-state index contributed by atoms with van der Waals surface area (Å²) in [7, 11) is 0. The number of nitrogens with one attached hydrogen (secondary N) is 2. The Morgan fingerprint density at radius 2 is 2.11 bits per heavy atom. The van der Waals surface area contributed by atoms with E-state index in [1.807, 2.05) is 6.92 Å². The van der Waals surface area contributed by atoms with E-state index in [0.29, 0.717) is 13.0 Å². The number of nitrogens with zero attached hydrogens (tertiary/aromatic N) is 1. The van der Waals surface area contributed by atoms with Crippen LogP contribution < -0.4 is 5.43 Å². The summed E-state index contributed by atoms with van der Waals surface area (Å²) in [6.07, 6.45) is 2.26. The molecule has 9 heteroatoms. The number of aromatic amines is 1. The second-order valence-electron chi connectivity index (χ2n) is 8.89. The number of thioether (sulfide) groups is 1. The summed E-state index contributed by atoms with van der Waals surface area (Å²) in [4.78, 5) is 29.5. The first-order chi connectivity index (χ1) is 16.9. The molecule has 0 spiro atoms. The van der Waals surface area contributed by atoms with Crippen LogP contribution in [0, 0.1) is 5.82 Å². The molecular formula is C26H27ClFN3O3S. The molecule has 2 N–H and O–H groups in total. The van der Waals surface area contributed by atoms with E-state index in [4.69, 9.17) is 16.3 Å². The van der Waals surface area contributed by atoms with Gasteiger partial charge >= 0.3 is 0 Å². The van der Waals surface area contributed by atoms with Gasteiger partial charge < -0.3 is 9.72 Å². The number of carbonyl (C=O) groups excluding carboxylic acids is 2. The minimum absolute atomic E-state index is 0.0248. The minimum Gasteiger partial charge on any atom is -0.368 e. The zero-order valence-corrected chi connectivity index (χ0v) is 21.2. The highest BCUT2D eigenvalue weighted by molar-refractivity contribution is 8.00. The van der Waals surface area contributed by atoms with Gasteiger partial charge in [0.25, 0.3) is 5.91 Å². The van der Waals surface area contributed by atoms with Gasteiger partial charge in [0.2, 0.25) is 5.91 Å². The number of para-hydroxylation sites is 1. The maximum Gasteiger partial charge on any atom is 0.252 e. The molecule has 0 aliphatic carbocycles. The van der Waals surface area contributed by atoms with Crippen molar-refractivity contribution in [2.75, 3.05) is 12.4 Å². The van der Waals surface area contributed by atoms with E-state index < -0.39 is 16.8 Å². The number of hydrogen-bond donors (Lipinski definition) is 2. The molecule has 2 atom stereocenters. The van der Waals surface area contributed by atoms with Gasteiger partial charge in [0.1, 0.15) is 16.8 Å². The number of amides is 2.